The maximum absolute atomic E-state index is 14.3. The van der Waals surface area contributed by atoms with E-state index in [1.165, 1.54) is 40.7 Å². The monoisotopic (exact) mass is 302 g/mol. The number of aromatic nitrogens is 6. The lowest BCUT2D eigenvalue weighted by Crippen LogP contribution is -2.40. The summed E-state index contributed by atoms with van der Waals surface area (Å²) in [6, 6.07) is 5.57. The molecule has 3 rings (SSSR count). The molecule has 1 N–H and O–H groups in total. The first kappa shape index (κ1) is 14.3. The smallest absolute Gasteiger partial charge is 0.137 e. The molecule has 22 heavy (non-hydrogen) atoms. The molecule has 114 valence electrons. The van der Waals surface area contributed by atoms with Crippen molar-refractivity contribution in [3.05, 3.63) is 61.0 Å². The van der Waals surface area contributed by atoms with Crippen LogP contribution in [-0.4, -0.2) is 34.6 Å². The molecule has 8 heteroatoms. The van der Waals surface area contributed by atoms with Crippen molar-refractivity contribution in [1.82, 2.24) is 29.5 Å². The van der Waals surface area contributed by atoms with Crippen LogP contribution < -0.4 is 0 Å². The van der Waals surface area contributed by atoms with Gasteiger partial charge in [-0.1, -0.05) is 18.2 Å². The van der Waals surface area contributed by atoms with Crippen LogP contribution in [-0.2, 0) is 12.1 Å². The van der Waals surface area contributed by atoms with Crippen molar-refractivity contribution in [1.29, 1.82) is 0 Å². The average Bonchev–Trinajstić information content (AvgIpc) is 3.20. The topological polar surface area (TPSA) is 81.6 Å². The Morgan fingerprint density at radius 2 is 1.91 bits per heavy atom. The minimum Gasteiger partial charge on any atom is -0.381 e. The second-order valence-corrected chi connectivity index (χ2v) is 5.05. The van der Waals surface area contributed by atoms with Gasteiger partial charge < -0.3 is 5.11 Å². The number of aliphatic hydroxyl groups is 1. The second-order valence-electron chi connectivity index (χ2n) is 5.05. The predicted octanol–water partition coefficient (Wildman–Crippen LogP) is 1.16. The Labute approximate surface area is 126 Å². The molecule has 0 unspecified atom stereocenters. The van der Waals surface area contributed by atoms with Crippen LogP contribution >= 0.6 is 0 Å². The normalized spacial score (nSPS) is 15.4. The highest BCUT2D eigenvalue weighted by atomic mass is 19.1. The van der Waals surface area contributed by atoms with Crippen molar-refractivity contribution in [2.24, 2.45) is 0 Å². The largest absolute Gasteiger partial charge is 0.381 e. The summed E-state index contributed by atoms with van der Waals surface area (Å²) in [5, 5.41) is 19.3. The van der Waals surface area contributed by atoms with E-state index in [0.717, 1.165) is 0 Å². The van der Waals surface area contributed by atoms with Gasteiger partial charge in [0.1, 0.15) is 36.7 Å². The number of rotatable bonds is 5. The van der Waals surface area contributed by atoms with Crippen LogP contribution in [0.2, 0.25) is 0 Å². The number of benzene rings is 1. The van der Waals surface area contributed by atoms with E-state index >= 15 is 0 Å². The summed E-state index contributed by atoms with van der Waals surface area (Å²) in [5.41, 5.74) is -1.39. The third-order valence-corrected chi connectivity index (χ3v) is 3.73. The fourth-order valence-corrected chi connectivity index (χ4v) is 2.45. The highest BCUT2D eigenvalue weighted by molar-refractivity contribution is 5.25. The molecule has 0 radical (unpaired) electrons. The number of hydrogen-bond donors (Lipinski definition) is 1. The van der Waals surface area contributed by atoms with Crippen molar-refractivity contribution in [2.45, 2.75) is 25.1 Å². The zero-order valence-corrected chi connectivity index (χ0v) is 11.9. The highest BCUT2D eigenvalue weighted by Gasteiger charge is 2.40. The number of nitrogens with zero attached hydrogens (tertiary/aromatic N) is 6. The van der Waals surface area contributed by atoms with Crippen LogP contribution in [0.5, 0.6) is 0 Å². The first-order valence-corrected chi connectivity index (χ1v) is 6.75. The maximum Gasteiger partial charge on any atom is 0.137 e. The molecule has 0 aliphatic carbocycles. The van der Waals surface area contributed by atoms with Gasteiger partial charge in [-0.3, -0.25) is 0 Å². The van der Waals surface area contributed by atoms with Gasteiger partial charge in [-0.15, -0.1) is 0 Å². The summed E-state index contributed by atoms with van der Waals surface area (Å²) in [5.74, 6) is -0.489. The standard InChI is InChI=1S/C14H15FN6O/c1-11(21-10-17-8-19-21)14(22,6-20-9-16-7-18-20)12-4-2-3-5-13(12)15/h2-5,7-11,22H,6H2,1H3/t11-,14-/m1/s1. The maximum atomic E-state index is 14.3. The molecule has 0 amide bonds. The molecule has 0 saturated carbocycles. The first-order chi connectivity index (χ1) is 10.6. The van der Waals surface area contributed by atoms with Crippen LogP contribution in [0.1, 0.15) is 18.5 Å². The third kappa shape index (κ3) is 2.48. The molecule has 0 spiro atoms. The van der Waals surface area contributed by atoms with Gasteiger partial charge in [0.25, 0.3) is 0 Å². The molecule has 2 heterocycles. The van der Waals surface area contributed by atoms with E-state index in [1.807, 2.05) is 0 Å². The van der Waals surface area contributed by atoms with Crippen LogP contribution in [0.3, 0.4) is 0 Å². The first-order valence-electron chi connectivity index (χ1n) is 6.75. The van der Waals surface area contributed by atoms with E-state index in [1.54, 1.807) is 25.1 Å². The van der Waals surface area contributed by atoms with Gasteiger partial charge >= 0.3 is 0 Å². The Balaban J connectivity index is 2.07. The molecule has 3 aromatic rings. The van der Waals surface area contributed by atoms with Crippen molar-refractivity contribution in [2.75, 3.05) is 0 Å². The summed E-state index contributed by atoms with van der Waals surface area (Å²) in [6.45, 7) is 1.78. The number of hydrogen-bond acceptors (Lipinski definition) is 5. The van der Waals surface area contributed by atoms with E-state index in [-0.39, 0.29) is 12.1 Å². The lowest BCUT2D eigenvalue weighted by molar-refractivity contribution is -0.0369. The molecule has 0 aliphatic heterocycles. The molecular weight excluding hydrogens is 287 g/mol. The van der Waals surface area contributed by atoms with Gasteiger partial charge in [0.05, 0.1) is 12.6 Å². The molecule has 2 aromatic heterocycles. The Kier molecular flexibility index (Phi) is 3.68. The Hall–Kier alpha value is -2.61. The zero-order valence-electron chi connectivity index (χ0n) is 11.9. The Morgan fingerprint density at radius 3 is 2.55 bits per heavy atom. The van der Waals surface area contributed by atoms with Crippen molar-refractivity contribution in [3.63, 3.8) is 0 Å². The highest BCUT2D eigenvalue weighted by Crippen LogP contribution is 2.35. The number of halogens is 1. The van der Waals surface area contributed by atoms with Crippen LogP contribution in [0.25, 0.3) is 0 Å². The van der Waals surface area contributed by atoms with Gasteiger partial charge in [0.2, 0.25) is 0 Å². The molecule has 0 bridgehead atoms. The fourth-order valence-electron chi connectivity index (χ4n) is 2.45. The molecule has 7 nitrogen and oxygen atoms in total. The molecule has 1 aromatic carbocycles. The Bertz CT molecular complexity index is 730. The summed E-state index contributed by atoms with van der Waals surface area (Å²) in [7, 11) is 0. The lowest BCUT2D eigenvalue weighted by Gasteiger charge is -2.34. The van der Waals surface area contributed by atoms with Gasteiger partial charge in [-0.05, 0) is 13.0 Å². The van der Waals surface area contributed by atoms with E-state index in [4.69, 9.17) is 0 Å². The van der Waals surface area contributed by atoms with Crippen molar-refractivity contribution < 1.29 is 9.50 Å². The van der Waals surface area contributed by atoms with Gasteiger partial charge in [0, 0.05) is 5.56 Å². The van der Waals surface area contributed by atoms with Crippen molar-refractivity contribution >= 4 is 0 Å². The van der Waals surface area contributed by atoms with E-state index < -0.39 is 17.5 Å². The average molecular weight is 302 g/mol. The van der Waals surface area contributed by atoms with Gasteiger partial charge in [-0.25, -0.2) is 23.7 Å². The van der Waals surface area contributed by atoms with E-state index in [0.29, 0.717) is 0 Å². The minimum atomic E-state index is -1.56. The minimum absolute atomic E-state index is 0.0367. The molecular formula is C14H15FN6O. The van der Waals surface area contributed by atoms with Crippen molar-refractivity contribution in [3.8, 4) is 0 Å². The van der Waals surface area contributed by atoms with Gasteiger partial charge in [-0.2, -0.15) is 10.2 Å². The molecule has 0 saturated heterocycles. The van der Waals surface area contributed by atoms with E-state index in [2.05, 4.69) is 20.2 Å². The SMILES string of the molecule is C[C@@H](n1cncn1)[C@](O)(Cn1cncn1)c1ccccc1F. The lowest BCUT2D eigenvalue weighted by atomic mass is 9.86. The molecule has 2 atom stereocenters. The molecule has 0 aliphatic rings. The van der Waals surface area contributed by atoms with Gasteiger partial charge in [0.15, 0.2) is 0 Å². The third-order valence-electron chi connectivity index (χ3n) is 3.73. The van der Waals surface area contributed by atoms with Crippen LogP contribution in [0.4, 0.5) is 4.39 Å². The summed E-state index contributed by atoms with van der Waals surface area (Å²) in [6.07, 6.45) is 5.69. The quantitative estimate of drug-likeness (QED) is 0.765. The van der Waals surface area contributed by atoms with Crippen LogP contribution in [0, 0.1) is 5.82 Å². The second kappa shape index (κ2) is 5.64. The summed E-state index contributed by atoms with van der Waals surface area (Å²) >= 11 is 0. The summed E-state index contributed by atoms with van der Waals surface area (Å²) in [4.78, 5) is 7.74. The predicted molar refractivity (Wildman–Crippen MR) is 75.1 cm³/mol. The Morgan fingerprint density at radius 1 is 1.18 bits per heavy atom. The summed E-state index contributed by atoms with van der Waals surface area (Å²) < 4.78 is 17.2. The molecule has 0 fully saturated rings. The fraction of sp³-hybridized carbons (Fsp3) is 0.286. The zero-order chi connectivity index (χ0) is 15.6. The van der Waals surface area contributed by atoms with E-state index in [9.17, 15) is 9.50 Å². The van der Waals surface area contributed by atoms with Crippen LogP contribution in [0.15, 0.2) is 49.6 Å².